The average molecular weight is 235 g/mol. The van der Waals surface area contributed by atoms with Crippen molar-refractivity contribution in [2.45, 2.75) is 19.4 Å². The molecule has 1 amide bonds. The number of ether oxygens (including phenoxy) is 2. The van der Waals surface area contributed by atoms with E-state index in [0.717, 1.165) is 12.2 Å². The van der Waals surface area contributed by atoms with Crippen LogP contribution in [0, 0.1) is 0 Å². The summed E-state index contributed by atoms with van der Waals surface area (Å²) in [6, 6.07) is 7.95. The Morgan fingerprint density at radius 3 is 2.65 bits per heavy atom. The second-order valence-electron chi connectivity index (χ2n) is 4.09. The van der Waals surface area contributed by atoms with Gasteiger partial charge in [0.2, 0.25) is 0 Å². The van der Waals surface area contributed by atoms with Crippen LogP contribution in [0.1, 0.15) is 12.5 Å². The Morgan fingerprint density at radius 1 is 1.41 bits per heavy atom. The number of carbonyl (C=O) groups is 1. The Bertz CT molecular complexity index is 371. The van der Waals surface area contributed by atoms with Gasteiger partial charge in [-0.25, -0.2) is 0 Å². The minimum absolute atomic E-state index is 0.0575. The van der Waals surface area contributed by atoms with Gasteiger partial charge in [0.05, 0.1) is 19.3 Å². The molecule has 0 spiro atoms. The first-order valence-corrected chi connectivity index (χ1v) is 5.87. The standard InChI is InChI=1S/C13H17NO3/c1-2-10-3-5-12(6-4-10)17-9-13(15)14-11-7-16-8-11/h3-6,11H,2,7-9H2,1H3,(H,14,15). The normalized spacial score (nSPS) is 15.1. The van der Waals surface area contributed by atoms with E-state index in [4.69, 9.17) is 9.47 Å². The molecule has 1 aliphatic rings. The van der Waals surface area contributed by atoms with E-state index in [9.17, 15) is 4.79 Å². The van der Waals surface area contributed by atoms with Gasteiger partial charge in [-0.05, 0) is 24.1 Å². The van der Waals surface area contributed by atoms with Gasteiger partial charge >= 0.3 is 0 Å². The summed E-state index contributed by atoms with van der Waals surface area (Å²) in [5.41, 5.74) is 1.26. The molecule has 0 radical (unpaired) electrons. The van der Waals surface area contributed by atoms with E-state index in [2.05, 4.69) is 12.2 Å². The van der Waals surface area contributed by atoms with Crippen molar-refractivity contribution >= 4 is 5.91 Å². The lowest BCUT2D eigenvalue weighted by molar-refractivity contribution is -0.127. The van der Waals surface area contributed by atoms with Crippen LogP contribution < -0.4 is 10.1 Å². The number of carbonyl (C=O) groups excluding carboxylic acids is 1. The lowest BCUT2D eigenvalue weighted by Gasteiger charge is -2.26. The molecule has 1 fully saturated rings. The van der Waals surface area contributed by atoms with Crippen LogP contribution in [0.5, 0.6) is 5.75 Å². The van der Waals surface area contributed by atoms with E-state index >= 15 is 0 Å². The Hall–Kier alpha value is -1.55. The van der Waals surface area contributed by atoms with Crippen molar-refractivity contribution in [3.8, 4) is 5.75 Å². The van der Waals surface area contributed by atoms with Crippen LogP contribution in [0.2, 0.25) is 0 Å². The van der Waals surface area contributed by atoms with Crippen LogP contribution in [-0.4, -0.2) is 31.8 Å². The Balaban J connectivity index is 1.74. The summed E-state index contributed by atoms with van der Waals surface area (Å²) >= 11 is 0. The number of amides is 1. The van der Waals surface area contributed by atoms with Crippen molar-refractivity contribution in [2.75, 3.05) is 19.8 Å². The number of aryl methyl sites for hydroxylation is 1. The minimum Gasteiger partial charge on any atom is -0.484 e. The number of rotatable bonds is 5. The van der Waals surface area contributed by atoms with Crippen molar-refractivity contribution < 1.29 is 14.3 Å². The van der Waals surface area contributed by atoms with Gasteiger partial charge in [-0.1, -0.05) is 19.1 Å². The number of benzene rings is 1. The molecule has 1 aliphatic heterocycles. The maximum Gasteiger partial charge on any atom is 0.258 e. The summed E-state index contributed by atoms with van der Waals surface area (Å²) in [6.07, 6.45) is 1.00. The van der Waals surface area contributed by atoms with Crippen LogP contribution in [-0.2, 0) is 16.0 Å². The van der Waals surface area contributed by atoms with Crippen LogP contribution >= 0.6 is 0 Å². The maximum absolute atomic E-state index is 11.5. The molecule has 1 heterocycles. The molecule has 1 N–H and O–H groups in total. The molecule has 4 heteroatoms. The van der Waals surface area contributed by atoms with E-state index < -0.39 is 0 Å². The van der Waals surface area contributed by atoms with Crippen molar-refractivity contribution in [1.29, 1.82) is 0 Å². The average Bonchev–Trinajstić information content (AvgIpc) is 2.32. The smallest absolute Gasteiger partial charge is 0.258 e. The van der Waals surface area contributed by atoms with Crippen molar-refractivity contribution in [3.63, 3.8) is 0 Å². The third-order valence-corrected chi connectivity index (χ3v) is 2.70. The molecule has 1 aromatic carbocycles. The maximum atomic E-state index is 11.5. The molecule has 0 atom stereocenters. The Kier molecular flexibility index (Phi) is 3.98. The van der Waals surface area contributed by atoms with Crippen LogP contribution in [0.15, 0.2) is 24.3 Å². The van der Waals surface area contributed by atoms with Gasteiger partial charge in [-0.15, -0.1) is 0 Å². The van der Waals surface area contributed by atoms with E-state index in [1.54, 1.807) is 0 Å². The highest BCUT2D eigenvalue weighted by Crippen LogP contribution is 2.12. The number of nitrogens with one attached hydrogen (secondary N) is 1. The van der Waals surface area contributed by atoms with Gasteiger partial charge in [0, 0.05) is 0 Å². The predicted molar refractivity (Wildman–Crippen MR) is 64.1 cm³/mol. The van der Waals surface area contributed by atoms with Gasteiger partial charge in [-0.2, -0.15) is 0 Å². The Morgan fingerprint density at radius 2 is 2.12 bits per heavy atom. The monoisotopic (exact) mass is 235 g/mol. The van der Waals surface area contributed by atoms with E-state index in [-0.39, 0.29) is 18.6 Å². The van der Waals surface area contributed by atoms with Crippen molar-refractivity contribution in [1.82, 2.24) is 5.32 Å². The number of hydrogen-bond acceptors (Lipinski definition) is 3. The SMILES string of the molecule is CCc1ccc(OCC(=O)NC2COC2)cc1. The molecule has 2 rings (SSSR count). The molecule has 92 valence electrons. The molecular formula is C13H17NO3. The molecule has 0 aromatic heterocycles. The van der Waals surface area contributed by atoms with Crippen LogP contribution in [0.25, 0.3) is 0 Å². The topological polar surface area (TPSA) is 47.6 Å². The molecule has 0 saturated carbocycles. The Labute approximate surface area is 101 Å². The summed E-state index contributed by atoms with van der Waals surface area (Å²) in [7, 11) is 0. The largest absolute Gasteiger partial charge is 0.484 e. The van der Waals surface area contributed by atoms with Crippen LogP contribution in [0.3, 0.4) is 0 Å². The molecule has 4 nitrogen and oxygen atoms in total. The van der Waals surface area contributed by atoms with Crippen molar-refractivity contribution in [2.24, 2.45) is 0 Å². The minimum atomic E-state index is -0.0992. The second-order valence-corrected chi connectivity index (χ2v) is 4.09. The fraction of sp³-hybridized carbons (Fsp3) is 0.462. The third kappa shape index (κ3) is 3.46. The van der Waals surface area contributed by atoms with Gasteiger partial charge < -0.3 is 14.8 Å². The summed E-state index contributed by atoms with van der Waals surface area (Å²) in [6.45, 7) is 3.37. The summed E-state index contributed by atoms with van der Waals surface area (Å²) < 4.78 is 10.4. The zero-order chi connectivity index (χ0) is 12.1. The molecule has 17 heavy (non-hydrogen) atoms. The summed E-state index contributed by atoms with van der Waals surface area (Å²) in [5, 5.41) is 2.82. The lowest BCUT2D eigenvalue weighted by atomic mass is 10.2. The zero-order valence-corrected chi connectivity index (χ0v) is 9.94. The van der Waals surface area contributed by atoms with Gasteiger partial charge in [0.15, 0.2) is 6.61 Å². The first-order valence-electron chi connectivity index (χ1n) is 5.87. The van der Waals surface area contributed by atoms with E-state index in [0.29, 0.717) is 13.2 Å². The summed E-state index contributed by atoms with van der Waals surface area (Å²) in [5.74, 6) is 0.625. The molecule has 1 aromatic rings. The molecule has 1 saturated heterocycles. The molecule has 0 bridgehead atoms. The molecule has 0 aliphatic carbocycles. The fourth-order valence-electron chi connectivity index (χ4n) is 1.56. The van der Waals surface area contributed by atoms with E-state index in [1.165, 1.54) is 5.56 Å². The fourth-order valence-corrected chi connectivity index (χ4v) is 1.56. The van der Waals surface area contributed by atoms with Crippen LogP contribution in [0.4, 0.5) is 0 Å². The highest BCUT2D eigenvalue weighted by molar-refractivity contribution is 5.77. The van der Waals surface area contributed by atoms with Crippen molar-refractivity contribution in [3.05, 3.63) is 29.8 Å². The molecular weight excluding hydrogens is 218 g/mol. The zero-order valence-electron chi connectivity index (χ0n) is 9.94. The van der Waals surface area contributed by atoms with Gasteiger partial charge in [-0.3, -0.25) is 4.79 Å². The quantitative estimate of drug-likeness (QED) is 0.832. The highest BCUT2D eigenvalue weighted by atomic mass is 16.5. The first kappa shape index (κ1) is 11.9. The van der Waals surface area contributed by atoms with E-state index in [1.807, 2.05) is 24.3 Å². The first-order chi connectivity index (χ1) is 8.28. The number of hydrogen-bond donors (Lipinski definition) is 1. The molecule has 0 unspecified atom stereocenters. The third-order valence-electron chi connectivity index (χ3n) is 2.70. The van der Waals surface area contributed by atoms with Gasteiger partial charge in [0.1, 0.15) is 5.75 Å². The summed E-state index contributed by atoms with van der Waals surface area (Å²) in [4.78, 5) is 11.5. The highest BCUT2D eigenvalue weighted by Gasteiger charge is 2.20. The second kappa shape index (κ2) is 5.68. The van der Waals surface area contributed by atoms with Gasteiger partial charge in [0.25, 0.3) is 5.91 Å². The lowest BCUT2D eigenvalue weighted by Crippen LogP contribution is -2.49. The predicted octanol–water partition coefficient (Wildman–Crippen LogP) is 1.14.